The average Bonchev–Trinajstić information content (AvgIpc) is 2.54. The number of benzene rings is 1. The van der Waals surface area contributed by atoms with Crippen LogP contribution in [0.25, 0.3) is 0 Å². The molecule has 1 heterocycles. The summed E-state index contributed by atoms with van der Waals surface area (Å²) in [6.45, 7) is 0.139. The van der Waals surface area contributed by atoms with Gasteiger partial charge in [-0.15, -0.1) is 0 Å². The molecule has 2 rings (SSSR count). The molecular weight excluding hydrogens is 299 g/mol. The first-order chi connectivity index (χ1) is 6.65. The fourth-order valence-corrected chi connectivity index (χ4v) is 2.05. The Balaban J connectivity index is 2.68. The molecule has 0 unspecified atom stereocenters. The summed E-state index contributed by atoms with van der Waals surface area (Å²) in [5.41, 5.74) is 0.931. The number of hydrogen-bond donors (Lipinski definition) is 1. The number of methoxy groups -OCH3 is 1. The number of hydrogen-bond acceptors (Lipinski definition) is 4. The Hall–Kier alpha value is -0.980. The van der Waals surface area contributed by atoms with Gasteiger partial charge in [-0.1, -0.05) is 0 Å². The molecule has 0 saturated heterocycles. The van der Waals surface area contributed by atoms with Crippen LogP contribution in [0.1, 0.15) is 15.9 Å². The highest BCUT2D eigenvalue weighted by atomic mass is 127. The van der Waals surface area contributed by atoms with Gasteiger partial charge < -0.3 is 14.6 Å². The molecule has 74 valence electrons. The summed E-state index contributed by atoms with van der Waals surface area (Å²) >= 11 is 1.96. The number of cyclic esters (lactones) is 1. The summed E-state index contributed by atoms with van der Waals surface area (Å²) < 4.78 is 10.4. The van der Waals surface area contributed by atoms with Crippen LogP contribution in [-0.2, 0) is 11.3 Å². The molecule has 0 aromatic heterocycles. The normalized spacial score (nSPS) is 13.7. The van der Waals surface area contributed by atoms with E-state index in [0.717, 1.165) is 0 Å². The second-order valence-corrected chi connectivity index (χ2v) is 3.92. The Bertz CT molecular complexity index is 414. The van der Waals surface area contributed by atoms with Crippen molar-refractivity contribution < 1.29 is 19.4 Å². The lowest BCUT2D eigenvalue weighted by atomic mass is 10.1. The lowest BCUT2D eigenvalue weighted by Crippen LogP contribution is -1.96. The van der Waals surface area contributed by atoms with Crippen LogP contribution >= 0.6 is 22.6 Å². The summed E-state index contributed by atoms with van der Waals surface area (Å²) in [5.74, 6) is 0.150. The van der Waals surface area contributed by atoms with E-state index in [0.29, 0.717) is 20.4 Å². The SMILES string of the molecule is COc1cc2c(c(O)c1I)COC2=O. The zero-order valence-electron chi connectivity index (χ0n) is 7.33. The number of esters is 1. The molecule has 1 aliphatic heterocycles. The first-order valence-corrected chi connectivity index (χ1v) is 4.98. The van der Waals surface area contributed by atoms with Crippen LogP contribution < -0.4 is 4.74 Å². The first kappa shape index (κ1) is 9.57. The molecule has 0 atom stereocenters. The fraction of sp³-hybridized carbons (Fsp3) is 0.222. The van der Waals surface area contributed by atoms with Gasteiger partial charge in [-0.2, -0.15) is 0 Å². The number of carbonyl (C=O) groups excluding carboxylic acids is 1. The number of phenolic OH excluding ortho intramolecular Hbond substituents is 1. The van der Waals surface area contributed by atoms with Gasteiger partial charge in [-0.05, 0) is 28.7 Å². The van der Waals surface area contributed by atoms with Crippen molar-refractivity contribution in [3.05, 3.63) is 20.8 Å². The first-order valence-electron chi connectivity index (χ1n) is 3.90. The molecule has 0 bridgehead atoms. The lowest BCUT2D eigenvalue weighted by molar-refractivity contribution is 0.0534. The van der Waals surface area contributed by atoms with E-state index in [1.165, 1.54) is 7.11 Å². The topological polar surface area (TPSA) is 55.8 Å². The minimum Gasteiger partial charge on any atom is -0.506 e. The van der Waals surface area contributed by atoms with Crippen LogP contribution in [-0.4, -0.2) is 18.2 Å². The van der Waals surface area contributed by atoms with Gasteiger partial charge in [0.25, 0.3) is 0 Å². The largest absolute Gasteiger partial charge is 0.506 e. The number of fused-ring (bicyclic) bond motifs is 1. The number of phenols is 1. The number of ether oxygens (including phenoxy) is 2. The van der Waals surface area contributed by atoms with Crippen molar-refractivity contribution in [3.8, 4) is 11.5 Å². The maximum absolute atomic E-state index is 11.2. The van der Waals surface area contributed by atoms with Crippen LogP contribution in [0.15, 0.2) is 6.07 Å². The third kappa shape index (κ3) is 1.23. The van der Waals surface area contributed by atoms with E-state index in [1.54, 1.807) is 6.07 Å². The number of rotatable bonds is 1. The van der Waals surface area contributed by atoms with Gasteiger partial charge in [0, 0.05) is 5.56 Å². The van der Waals surface area contributed by atoms with Gasteiger partial charge in [-0.25, -0.2) is 4.79 Å². The van der Waals surface area contributed by atoms with Crippen LogP contribution in [0, 0.1) is 3.57 Å². The molecule has 0 aliphatic carbocycles. The number of carbonyl (C=O) groups is 1. The van der Waals surface area contributed by atoms with Gasteiger partial charge in [-0.3, -0.25) is 0 Å². The summed E-state index contributed by atoms with van der Waals surface area (Å²) in [7, 11) is 1.49. The monoisotopic (exact) mass is 306 g/mol. The fourth-order valence-electron chi connectivity index (χ4n) is 1.35. The van der Waals surface area contributed by atoms with Gasteiger partial charge in [0.15, 0.2) is 0 Å². The van der Waals surface area contributed by atoms with Gasteiger partial charge in [0.05, 0.1) is 16.2 Å². The van der Waals surface area contributed by atoms with Gasteiger partial charge >= 0.3 is 5.97 Å². The van der Waals surface area contributed by atoms with Crippen molar-refractivity contribution in [2.45, 2.75) is 6.61 Å². The molecule has 1 aromatic carbocycles. The van der Waals surface area contributed by atoms with Crippen LogP contribution in [0.3, 0.4) is 0 Å². The minimum atomic E-state index is -0.412. The summed E-state index contributed by atoms with van der Waals surface area (Å²) in [6, 6.07) is 1.59. The van der Waals surface area contributed by atoms with Crippen LogP contribution in [0.5, 0.6) is 11.5 Å². The molecule has 1 aliphatic rings. The van der Waals surface area contributed by atoms with Gasteiger partial charge in [0.1, 0.15) is 18.1 Å². The molecule has 0 saturated carbocycles. The van der Waals surface area contributed by atoms with Crippen molar-refractivity contribution in [2.75, 3.05) is 7.11 Å². The molecule has 1 aromatic rings. The standard InChI is InChI=1S/C9H7IO4/c1-13-6-2-4-5(3-14-9(4)12)8(11)7(6)10/h2,11H,3H2,1H3. The molecule has 0 fully saturated rings. The second-order valence-electron chi connectivity index (χ2n) is 2.84. The van der Waals surface area contributed by atoms with Crippen LogP contribution in [0.2, 0.25) is 0 Å². The number of aromatic hydroxyl groups is 1. The lowest BCUT2D eigenvalue weighted by Gasteiger charge is -2.07. The van der Waals surface area contributed by atoms with Crippen molar-refractivity contribution in [2.24, 2.45) is 0 Å². The second kappa shape index (κ2) is 3.30. The highest BCUT2D eigenvalue weighted by Gasteiger charge is 2.27. The molecule has 0 amide bonds. The summed E-state index contributed by atoms with van der Waals surface area (Å²) in [6.07, 6.45) is 0. The van der Waals surface area contributed by atoms with Crippen molar-refractivity contribution in [1.29, 1.82) is 0 Å². The highest BCUT2D eigenvalue weighted by Crippen LogP contribution is 2.38. The Morgan fingerprint density at radius 2 is 2.36 bits per heavy atom. The maximum atomic E-state index is 11.2. The predicted octanol–water partition coefficient (Wildman–Crippen LogP) is 1.68. The van der Waals surface area contributed by atoms with Crippen molar-refractivity contribution in [1.82, 2.24) is 0 Å². The highest BCUT2D eigenvalue weighted by molar-refractivity contribution is 14.1. The molecule has 0 radical (unpaired) electrons. The molecule has 14 heavy (non-hydrogen) atoms. The third-order valence-electron chi connectivity index (χ3n) is 2.10. The van der Waals surface area contributed by atoms with Gasteiger partial charge in [0.2, 0.25) is 0 Å². The molecular formula is C9H7IO4. The molecule has 5 heteroatoms. The van der Waals surface area contributed by atoms with E-state index in [1.807, 2.05) is 22.6 Å². The van der Waals surface area contributed by atoms with E-state index in [2.05, 4.69) is 0 Å². The zero-order valence-corrected chi connectivity index (χ0v) is 9.49. The summed E-state index contributed by atoms with van der Waals surface area (Å²) in [5, 5.41) is 9.73. The molecule has 0 spiro atoms. The predicted molar refractivity (Wildman–Crippen MR) is 56.5 cm³/mol. The quantitative estimate of drug-likeness (QED) is 0.633. The number of halogens is 1. The van der Waals surface area contributed by atoms with E-state index in [4.69, 9.17) is 9.47 Å². The average molecular weight is 306 g/mol. The molecule has 4 nitrogen and oxygen atoms in total. The maximum Gasteiger partial charge on any atom is 0.339 e. The van der Waals surface area contributed by atoms with Crippen LogP contribution in [0.4, 0.5) is 0 Å². The Kier molecular flexibility index (Phi) is 2.26. The Morgan fingerprint density at radius 1 is 1.64 bits per heavy atom. The van der Waals surface area contributed by atoms with E-state index in [-0.39, 0.29) is 12.4 Å². The van der Waals surface area contributed by atoms with Crippen molar-refractivity contribution >= 4 is 28.6 Å². The smallest absolute Gasteiger partial charge is 0.339 e. The Labute approximate surface area is 94.0 Å². The minimum absolute atomic E-state index is 0.0748. The van der Waals surface area contributed by atoms with Crippen molar-refractivity contribution in [3.63, 3.8) is 0 Å². The van der Waals surface area contributed by atoms with E-state index in [9.17, 15) is 9.90 Å². The Morgan fingerprint density at radius 3 is 3.00 bits per heavy atom. The zero-order chi connectivity index (χ0) is 10.3. The van der Waals surface area contributed by atoms with E-state index >= 15 is 0 Å². The third-order valence-corrected chi connectivity index (χ3v) is 3.14. The van der Waals surface area contributed by atoms with E-state index < -0.39 is 5.97 Å². The molecule has 1 N–H and O–H groups in total. The summed E-state index contributed by atoms with van der Waals surface area (Å²) in [4.78, 5) is 11.2.